The van der Waals surface area contributed by atoms with Gasteiger partial charge < -0.3 is 15.4 Å². The molecule has 2 aliphatic heterocycles. The average Bonchev–Trinajstić information content (AvgIpc) is 2.74. The smallest absolute Gasteiger partial charge is 0.405 e. The number of nitrogens with zero attached hydrogens (tertiary/aromatic N) is 2. The number of likely N-dealkylation sites (tertiary alicyclic amines) is 1. The van der Waals surface area contributed by atoms with Crippen molar-refractivity contribution in [3.05, 3.63) is 65.6 Å². The zero-order valence-electron chi connectivity index (χ0n) is 18.7. The number of halogens is 4. The molecule has 2 heterocycles. The molecular weight excluding hydrogens is 434 g/mol. The molecule has 0 aliphatic carbocycles. The highest BCUT2D eigenvalue weighted by Crippen LogP contribution is 2.40. The highest BCUT2D eigenvalue weighted by molar-refractivity contribution is 5.75. The Morgan fingerprint density at radius 1 is 1.15 bits per heavy atom. The summed E-state index contributed by atoms with van der Waals surface area (Å²) >= 11 is 0. The van der Waals surface area contributed by atoms with Gasteiger partial charge in [0.2, 0.25) is 0 Å². The van der Waals surface area contributed by atoms with Crippen LogP contribution >= 0.6 is 0 Å². The number of fused-ring (bicyclic) bond motifs is 1. The van der Waals surface area contributed by atoms with Gasteiger partial charge >= 0.3 is 6.36 Å². The van der Waals surface area contributed by atoms with E-state index in [1.807, 2.05) is 0 Å². The van der Waals surface area contributed by atoms with Crippen LogP contribution in [0.2, 0.25) is 0 Å². The van der Waals surface area contributed by atoms with Crippen LogP contribution in [-0.4, -0.2) is 36.9 Å². The van der Waals surface area contributed by atoms with Crippen molar-refractivity contribution in [2.45, 2.75) is 50.9 Å². The largest absolute Gasteiger partial charge is 0.573 e. The molecule has 0 spiro atoms. The molecular formula is C25H29F4N3O. The van der Waals surface area contributed by atoms with Gasteiger partial charge in [-0.05, 0) is 80.9 Å². The Hall–Kier alpha value is -2.74. The molecule has 1 saturated heterocycles. The molecule has 4 rings (SSSR count). The second-order valence-electron chi connectivity index (χ2n) is 8.96. The molecule has 1 fully saturated rings. The Labute approximate surface area is 191 Å². The van der Waals surface area contributed by atoms with Crippen LogP contribution in [-0.2, 0) is 6.42 Å². The summed E-state index contributed by atoms with van der Waals surface area (Å²) in [4.78, 5) is 4.37. The maximum absolute atomic E-state index is 13.8. The molecule has 2 N–H and O–H groups in total. The minimum Gasteiger partial charge on any atom is -0.405 e. The normalized spacial score (nSPS) is 19.9. The highest BCUT2D eigenvalue weighted by Gasteiger charge is 2.34. The van der Waals surface area contributed by atoms with Gasteiger partial charge in [-0.25, -0.2) is 4.39 Å². The SMILES string of the molecule is C=C(CN1CCC(c2ccccc2OC(F)(F)F)CC1)N1c2c(N)cc(F)cc2CCC1C. The number of rotatable bonds is 5. The first-order valence-corrected chi connectivity index (χ1v) is 11.2. The van der Waals surface area contributed by atoms with Crippen LogP contribution in [0.4, 0.5) is 28.9 Å². The summed E-state index contributed by atoms with van der Waals surface area (Å²) < 4.78 is 56.4. The fraction of sp³-hybridized carbons (Fsp3) is 0.440. The molecule has 33 heavy (non-hydrogen) atoms. The van der Waals surface area contributed by atoms with E-state index in [0.717, 1.165) is 55.7 Å². The Morgan fingerprint density at radius 3 is 2.55 bits per heavy atom. The molecule has 0 aromatic heterocycles. The number of nitrogen functional groups attached to an aromatic ring is 1. The van der Waals surface area contributed by atoms with Gasteiger partial charge in [-0.1, -0.05) is 24.8 Å². The number of aryl methyl sites for hydroxylation is 1. The summed E-state index contributed by atoms with van der Waals surface area (Å²) in [7, 11) is 0. The van der Waals surface area contributed by atoms with Crippen molar-refractivity contribution in [2.75, 3.05) is 30.3 Å². The van der Waals surface area contributed by atoms with E-state index in [2.05, 4.69) is 28.0 Å². The van der Waals surface area contributed by atoms with Crippen LogP contribution in [0, 0.1) is 5.82 Å². The quantitative estimate of drug-likeness (QED) is 0.447. The van der Waals surface area contributed by atoms with Gasteiger partial charge in [0.15, 0.2) is 0 Å². The van der Waals surface area contributed by atoms with E-state index in [-0.39, 0.29) is 23.5 Å². The lowest BCUT2D eigenvalue weighted by molar-refractivity contribution is -0.275. The van der Waals surface area contributed by atoms with Crippen LogP contribution in [0.3, 0.4) is 0 Å². The minimum atomic E-state index is -4.71. The molecule has 1 unspecified atom stereocenters. The fourth-order valence-electron chi connectivity index (χ4n) is 5.12. The van der Waals surface area contributed by atoms with Gasteiger partial charge in [0, 0.05) is 18.3 Å². The Balaban J connectivity index is 1.42. The first-order valence-electron chi connectivity index (χ1n) is 11.2. The molecule has 0 bridgehead atoms. The lowest BCUT2D eigenvalue weighted by Crippen LogP contribution is -2.42. The Kier molecular flexibility index (Phi) is 6.56. The maximum Gasteiger partial charge on any atom is 0.573 e. The highest BCUT2D eigenvalue weighted by atomic mass is 19.4. The summed E-state index contributed by atoms with van der Waals surface area (Å²) in [6.45, 7) is 8.51. The number of para-hydroxylation sites is 1. The predicted molar refractivity (Wildman–Crippen MR) is 122 cm³/mol. The summed E-state index contributed by atoms with van der Waals surface area (Å²) in [5, 5.41) is 0. The number of piperidine rings is 1. The van der Waals surface area contributed by atoms with Crippen LogP contribution in [0.1, 0.15) is 43.2 Å². The molecule has 2 aromatic rings. The fourth-order valence-corrected chi connectivity index (χ4v) is 5.12. The number of hydrogen-bond donors (Lipinski definition) is 1. The Morgan fingerprint density at radius 2 is 1.85 bits per heavy atom. The molecule has 0 amide bonds. The van der Waals surface area contributed by atoms with E-state index >= 15 is 0 Å². The average molecular weight is 464 g/mol. The zero-order valence-corrected chi connectivity index (χ0v) is 18.7. The summed E-state index contributed by atoms with van der Waals surface area (Å²) in [5.74, 6) is -0.446. The number of benzene rings is 2. The summed E-state index contributed by atoms with van der Waals surface area (Å²) in [6.07, 6.45) is -1.60. The van der Waals surface area contributed by atoms with Crippen molar-refractivity contribution in [1.82, 2.24) is 4.90 Å². The van der Waals surface area contributed by atoms with Crippen LogP contribution < -0.4 is 15.4 Å². The van der Waals surface area contributed by atoms with Gasteiger partial charge in [0.05, 0.1) is 11.4 Å². The molecule has 0 radical (unpaired) electrons. The lowest BCUT2D eigenvalue weighted by Gasteiger charge is -2.41. The van der Waals surface area contributed by atoms with Gasteiger partial charge in [-0.15, -0.1) is 13.2 Å². The van der Waals surface area contributed by atoms with Crippen molar-refractivity contribution >= 4 is 11.4 Å². The molecule has 4 nitrogen and oxygen atoms in total. The van der Waals surface area contributed by atoms with E-state index in [9.17, 15) is 17.6 Å². The first kappa shape index (κ1) is 23.4. The van der Waals surface area contributed by atoms with Crippen LogP contribution in [0.5, 0.6) is 5.75 Å². The standard InChI is InChI=1S/C25H29F4N3O/c1-16-7-8-19-13-20(26)14-22(30)24(19)32(16)17(2)15-31-11-9-18(10-12-31)21-5-3-4-6-23(21)33-25(27,28)29/h3-6,13-14,16,18H,2,7-12,15,30H2,1H3. The monoisotopic (exact) mass is 463 g/mol. The van der Waals surface area contributed by atoms with E-state index in [4.69, 9.17) is 5.73 Å². The second kappa shape index (κ2) is 9.25. The van der Waals surface area contributed by atoms with E-state index in [1.54, 1.807) is 24.3 Å². The number of anilines is 2. The topological polar surface area (TPSA) is 41.7 Å². The van der Waals surface area contributed by atoms with Crippen molar-refractivity contribution in [2.24, 2.45) is 0 Å². The molecule has 1 atom stereocenters. The lowest BCUT2D eigenvalue weighted by atomic mass is 9.88. The third kappa shape index (κ3) is 5.27. The van der Waals surface area contributed by atoms with Crippen LogP contribution in [0.25, 0.3) is 0 Å². The third-order valence-corrected chi connectivity index (χ3v) is 6.62. The number of nitrogens with two attached hydrogens (primary N) is 1. The number of alkyl halides is 3. The van der Waals surface area contributed by atoms with Gasteiger partial charge in [-0.2, -0.15) is 0 Å². The number of hydrogen-bond acceptors (Lipinski definition) is 4. The third-order valence-electron chi connectivity index (χ3n) is 6.62. The Bertz CT molecular complexity index is 1020. The molecule has 178 valence electrons. The van der Waals surface area contributed by atoms with E-state index in [0.29, 0.717) is 17.8 Å². The number of ether oxygens (including phenoxy) is 1. The molecule has 2 aromatic carbocycles. The zero-order chi connectivity index (χ0) is 23.8. The van der Waals surface area contributed by atoms with Crippen molar-refractivity contribution < 1.29 is 22.3 Å². The van der Waals surface area contributed by atoms with Gasteiger partial charge in [0.25, 0.3) is 0 Å². The van der Waals surface area contributed by atoms with Crippen LogP contribution in [0.15, 0.2) is 48.7 Å². The first-order chi connectivity index (χ1) is 15.6. The van der Waals surface area contributed by atoms with Crippen molar-refractivity contribution in [3.8, 4) is 5.75 Å². The van der Waals surface area contributed by atoms with Crippen molar-refractivity contribution in [3.63, 3.8) is 0 Å². The second-order valence-corrected chi connectivity index (χ2v) is 8.96. The molecule has 0 saturated carbocycles. The van der Waals surface area contributed by atoms with E-state index in [1.165, 1.54) is 12.1 Å². The van der Waals surface area contributed by atoms with Crippen molar-refractivity contribution in [1.29, 1.82) is 0 Å². The maximum atomic E-state index is 13.8. The minimum absolute atomic E-state index is 0.00122. The summed E-state index contributed by atoms with van der Waals surface area (Å²) in [5.41, 5.74) is 9.82. The van der Waals surface area contributed by atoms with Gasteiger partial charge in [-0.3, -0.25) is 4.90 Å². The molecule has 8 heteroatoms. The molecule has 2 aliphatic rings. The van der Waals surface area contributed by atoms with Gasteiger partial charge in [0.1, 0.15) is 11.6 Å². The summed E-state index contributed by atoms with van der Waals surface area (Å²) in [6, 6.07) is 9.48. The van der Waals surface area contributed by atoms with E-state index < -0.39 is 6.36 Å². The predicted octanol–water partition coefficient (Wildman–Crippen LogP) is 5.84.